The van der Waals surface area contributed by atoms with Gasteiger partial charge in [0.25, 0.3) is 5.91 Å². The first-order chi connectivity index (χ1) is 15.7. The van der Waals surface area contributed by atoms with Gasteiger partial charge >= 0.3 is 0 Å². The number of nitrogens with one attached hydrogen (secondary N) is 2. The van der Waals surface area contributed by atoms with Crippen molar-refractivity contribution >= 4 is 17.3 Å². The monoisotopic (exact) mass is 434 g/mol. The summed E-state index contributed by atoms with van der Waals surface area (Å²) in [6.07, 6.45) is 2.91. The number of rotatable bonds is 4. The summed E-state index contributed by atoms with van der Waals surface area (Å²) < 4.78 is 5.43. The van der Waals surface area contributed by atoms with E-state index in [0.717, 1.165) is 76.5 Å². The van der Waals surface area contributed by atoms with Crippen molar-refractivity contribution in [3.8, 4) is 0 Å². The summed E-state index contributed by atoms with van der Waals surface area (Å²) >= 11 is 0. The van der Waals surface area contributed by atoms with E-state index in [-0.39, 0.29) is 11.9 Å². The van der Waals surface area contributed by atoms with Crippen molar-refractivity contribution < 1.29 is 9.53 Å². The largest absolute Gasteiger partial charge is 0.378 e. The van der Waals surface area contributed by atoms with Crippen LogP contribution in [0.15, 0.2) is 42.5 Å². The van der Waals surface area contributed by atoms with E-state index in [0.29, 0.717) is 6.04 Å². The number of carbonyl (C=O) groups excluding carboxylic acids is 1. The number of piperazine rings is 1. The van der Waals surface area contributed by atoms with Gasteiger partial charge in [0.1, 0.15) is 0 Å². The maximum absolute atomic E-state index is 13.0. The Morgan fingerprint density at radius 1 is 1.09 bits per heavy atom. The van der Waals surface area contributed by atoms with Gasteiger partial charge in [-0.15, -0.1) is 0 Å². The van der Waals surface area contributed by atoms with Crippen molar-refractivity contribution in [1.29, 1.82) is 0 Å². The number of ether oxygens (including phenoxy) is 1. The molecular weight excluding hydrogens is 400 g/mol. The normalized spacial score (nSPS) is 23.5. The predicted octanol–water partition coefficient (Wildman–Crippen LogP) is 2.61. The van der Waals surface area contributed by atoms with Crippen LogP contribution in [0.5, 0.6) is 0 Å². The van der Waals surface area contributed by atoms with Gasteiger partial charge in [-0.05, 0) is 67.6 Å². The van der Waals surface area contributed by atoms with Crippen LogP contribution in [-0.2, 0) is 17.6 Å². The molecule has 1 amide bonds. The number of hydrogen-bond acceptors (Lipinski definition) is 5. The van der Waals surface area contributed by atoms with E-state index in [1.165, 1.54) is 16.8 Å². The SMILES string of the molecule is C[C@@H]1CNCCN1c1cccc2c1C[C@H](NC(=O)c1ccc(N3CCOCC3)cc1)CC2. The van der Waals surface area contributed by atoms with E-state index in [4.69, 9.17) is 4.74 Å². The lowest BCUT2D eigenvalue weighted by Crippen LogP contribution is -2.50. The van der Waals surface area contributed by atoms with E-state index in [1.54, 1.807) is 0 Å². The zero-order valence-electron chi connectivity index (χ0n) is 19.0. The lowest BCUT2D eigenvalue weighted by Gasteiger charge is -2.39. The molecule has 2 atom stereocenters. The van der Waals surface area contributed by atoms with Gasteiger partial charge in [-0.3, -0.25) is 4.79 Å². The molecule has 0 unspecified atom stereocenters. The quantitative estimate of drug-likeness (QED) is 0.775. The number of benzene rings is 2. The highest BCUT2D eigenvalue weighted by Crippen LogP contribution is 2.32. The molecule has 6 heteroatoms. The number of fused-ring (bicyclic) bond motifs is 1. The summed E-state index contributed by atoms with van der Waals surface area (Å²) in [6, 6.07) is 15.4. The Kier molecular flexibility index (Phi) is 6.32. The van der Waals surface area contributed by atoms with Crippen molar-refractivity contribution in [3.05, 3.63) is 59.2 Å². The van der Waals surface area contributed by atoms with Crippen LogP contribution in [0.1, 0.15) is 34.8 Å². The topological polar surface area (TPSA) is 56.8 Å². The molecule has 1 aliphatic carbocycles. The van der Waals surface area contributed by atoms with Crippen LogP contribution in [0.3, 0.4) is 0 Å². The lowest BCUT2D eigenvalue weighted by atomic mass is 9.86. The highest BCUT2D eigenvalue weighted by atomic mass is 16.5. The molecule has 0 saturated carbocycles. The fraction of sp³-hybridized carbons (Fsp3) is 0.500. The second-order valence-corrected chi connectivity index (χ2v) is 9.22. The third-order valence-corrected chi connectivity index (χ3v) is 7.11. The van der Waals surface area contributed by atoms with Crippen LogP contribution >= 0.6 is 0 Å². The number of carbonyl (C=O) groups is 1. The van der Waals surface area contributed by atoms with Crippen LogP contribution < -0.4 is 20.4 Å². The Bertz CT molecular complexity index is 939. The van der Waals surface area contributed by atoms with Crippen molar-refractivity contribution in [2.45, 2.75) is 38.3 Å². The number of amides is 1. The van der Waals surface area contributed by atoms with Gasteiger partial charge in [0.05, 0.1) is 13.2 Å². The average molecular weight is 435 g/mol. The fourth-order valence-electron chi connectivity index (χ4n) is 5.27. The molecule has 0 radical (unpaired) electrons. The van der Waals surface area contributed by atoms with E-state index in [9.17, 15) is 4.79 Å². The highest BCUT2D eigenvalue weighted by Gasteiger charge is 2.27. The molecular formula is C26H34N4O2. The molecule has 170 valence electrons. The Labute approximate surface area is 190 Å². The molecule has 0 aromatic heterocycles. The smallest absolute Gasteiger partial charge is 0.251 e. The van der Waals surface area contributed by atoms with Crippen molar-refractivity contribution in [2.75, 3.05) is 55.7 Å². The van der Waals surface area contributed by atoms with Gasteiger partial charge in [0.2, 0.25) is 0 Å². The Balaban J connectivity index is 1.26. The summed E-state index contributed by atoms with van der Waals surface area (Å²) in [5.41, 5.74) is 6.10. The molecule has 32 heavy (non-hydrogen) atoms. The molecule has 2 aliphatic heterocycles. The fourth-order valence-corrected chi connectivity index (χ4v) is 5.27. The minimum absolute atomic E-state index is 0.0278. The summed E-state index contributed by atoms with van der Waals surface area (Å²) in [7, 11) is 0. The van der Waals surface area contributed by atoms with Crippen LogP contribution in [0, 0.1) is 0 Å². The first kappa shape index (κ1) is 21.3. The maximum Gasteiger partial charge on any atom is 0.251 e. The molecule has 2 saturated heterocycles. The Hall–Kier alpha value is -2.57. The van der Waals surface area contributed by atoms with Gasteiger partial charge < -0.3 is 25.2 Å². The Morgan fingerprint density at radius 3 is 2.69 bits per heavy atom. The van der Waals surface area contributed by atoms with Gasteiger partial charge in [-0.25, -0.2) is 0 Å². The molecule has 6 nitrogen and oxygen atoms in total. The van der Waals surface area contributed by atoms with Gasteiger partial charge in [-0.1, -0.05) is 12.1 Å². The van der Waals surface area contributed by atoms with Gasteiger partial charge in [0, 0.05) is 61.7 Å². The number of nitrogens with zero attached hydrogens (tertiary/aromatic N) is 2. The van der Waals surface area contributed by atoms with Crippen molar-refractivity contribution in [3.63, 3.8) is 0 Å². The predicted molar refractivity (Wildman–Crippen MR) is 129 cm³/mol. The van der Waals surface area contributed by atoms with Crippen LogP contribution in [0.25, 0.3) is 0 Å². The zero-order chi connectivity index (χ0) is 21.9. The van der Waals surface area contributed by atoms with Crippen molar-refractivity contribution in [1.82, 2.24) is 10.6 Å². The molecule has 0 spiro atoms. The highest BCUT2D eigenvalue weighted by molar-refractivity contribution is 5.94. The second kappa shape index (κ2) is 9.51. The van der Waals surface area contributed by atoms with Crippen LogP contribution in [0.4, 0.5) is 11.4 Å². The minimum atomic E-state index is 0.0278. The second-order valence-electron chi connectivity index (χ2n) is 9.22. The first-order valence-corrected chi connectivity index (χ1v) is 12.0. The van der Waals surface area contributed by atoms with Crippen molar-refractivity contribution in [2.24, 2.45) is 0 Å². The Morgan fingerprint density at radius 2 is 1.91 bits per heavy atom. The lowest BCUT2D eigenvalue weighted by molar-refractivity contribution is 0.0933. The summed E-state index contributed by atoms with van der Waals surface area (Å²) in [4.78, 5) is 17.8. The van der Waals surface area contributed by atoms with E-state index < -0.39 is 0 Å². The molecule has 2 N–H and O–H groups in total. The molecule has 2 fully saturated rings. The molecule has 5 rings (SSSR count). The average Bonchev–Trinajstić information content (AvgIpc) is 2.85. The molecule has 2 heterocycles. The summed E-state index contributed by atoms with van der Waals surface area (Å²) in [5, 5.41) is 6.80. The molecule has 0 bridgehead atoms. The van der Waals surface area contributed by atoms with E-state index >= 15 is 0 Å². The zero-order valence-corrected chi connectivity index (χ0v) is 19.0. The third-order valence-electron chi connectivity index (χ3n) is 7.11. The third kappa shape index (κ3) is 4.48. The molecule has 2 aromatic carbocycles. The number of hydrogen-bond donors (Lipinski definition) is 2. The summed E-state index contributed by atoms with van der Waals surface area (Å²) in [6.45, 7) is 8.69. The van der Waals surface area contributed by atoms with Gasteiger partial charge in [-0.2, -0.15) is 0 Å². The minimum Gasteiger partial charge on any atom is -0.378 e. The maximum atomic E-state index is 13.0. The number of aryl methyl sites for hydroxylation is 1. The number of morpholine rings is 1. The molecule has 3 aliphatic rings. The van der Waals surface area contributed by atoms with E-state index in [2.05, 4.69) is 57.7 Å². The number of anilines is 2. The van der Waals surface area contributed by atoms with Crippen LogP contribution in [0.2, 0.25) is 0 Å². The summed E-state index contributed by atoms with van der Waals surface area (Å²) in [5.74, 6) is 0.0278. The molecule has 2 aromatic rings. The first-order valence-electron chi connectivity index (χ1n) is 12.0. The van der Waals surface area contributed by atoms with E-state index in [1.807, 2.05) is 12.1 Å². The van der Waals surface area contributed by atoms with Crippen LogP contribution in [-0.4, -0.2) is 63.9 Å². The standard InChI is InChI=1S/C26H34N4O2/c1-19-18-27-11-12-30(19)25-4-2-3-20-5-8-22(17-24(20)25)28-26(31)21-6-9-23(10-7-21)29-13-15-32-16-14-29/h2-4,6-7,9-10,19,22,27H,5,8,11-18H2,1H3,(H,28,31)/t19-,22-/m1/s1. The van der Waals surface area contributed by atoms with Gasteiger partial charge in [0.15, 0.2) is 0 Å².